The fraction of sp³-hybridized carbons (Fsp3) is 0.575. The second-order valence-electron chi connectivity index (χ2n) is 30.1. The third kappa shape index (κ3) is 30.2. The molecule has 4 aromatic rings. The van der Waals surface area contributed by atoms with Crippen LogP contribution in [0.1, 0.15) is 238 Å². The Kier molecular flexibility index (Phi) is 37.0. The van der Waals surface area contributed by atoms with E-state index in [1.807, 2.05) is 0 Å². The summed E-state index contributed by atoms with van der Waals surface area (Å²) in [5, 5.41) is 4.69. The topological polar surface area (TPSA) is 268 Å². The van der Waals surface area contributed by atoms with E-state index in [-0.39, 0.29) is 95.9 Å². The van der Waals surface area contributed by atoms with Crippen LogP contribution < -0.4 is 48.6 Å². The van der Waals surface area contributed by atoms with Gasteiger partial charge in [0.25, 0.3) is 12.3 Å². The monoisotopic (exact) mass is 1620 g/mol. The number of allylic oxidation sites excluding steroid dienone is 4. The number of hydrogen-bond donors (Lipinski definition) is 6. The molecule has 1 unspecified atom stereocenters. The van der Waals surface area contributed by atoms with Gasteiger partial charge in [-0.3, -0.25) is 43.5 Å². The third-order valence-electron chi connectivity index (χ3n) is 19.9. The Bertz CT molecular complexity index is 3630. The van der Waals surface area contributed by atoms with E-state index in [1.54, 1.807) is 25.7 Å². The molecular weight excluding hydrogens is 1500 g/mol. The normalized spacial score (nSPS) is 17.4. The summed E-state index contributed by atoms with van der Waals surface area (Å²) < 4.78 is 83.4. The summed E-state index contributed by atoms with van der Waals surface area (Å²) in [6.45, 7) is 20.3. The average molecular weight is 1620 g/mol. The zero-order valence-corrected chi connectivity index (χ0v) is 66.8. The molecule has 6 N–H and O–H groups in total. The molecule has 0 spiro atoms. The predicted octanol–water partition coefficient (Wildman–Crippen LogP) is 14.9. The minimum atomic E-state index is -5.02. The number of ketones is 3. The number of carbonyl (C=O) groups excluding carboxylic acids is 5. The van der Waals surface area contributed by atoms with Crippen molar-refractivity contribution in [2.75, 3.05) is 56.8 Å². The zero-order valence-electron chi connectivity index (χ0n) is 62.9. The van der Waals surface area contributed by atoms with Gasteiger partial charge in [-0.2, -0.15) is 4.58 Å². The lowest BCUT2D eigenvalue weighted by Gasteiger charge is -2.32. The maximum atomic E-state index is 14.2. The van der Waals surface area contributed by atoms with Crippen LogP contribution in [0.4, 0.5) is 30.2 Å². The molecule has 19 nitrogen and oxygen atoms in total. The van der Waals surface area contributed by atoms with Crippen molar-refractivity contribution in [1.29, 1.82) is 0 Å². The van der Waals surface area contributed by atoms with Crippen molar-refractivity contribution in [3.8, 4) is 11.5 Å². The van der Waals surface area contributed by atoms with Crippen molar-refractivity contribution < 1.29 is 113 Å². The first-order valence-corrected chi connectivity index (χ1v) is 40.1. The Morgan fingerprint density at radius 3 is 1.82 bits per heavy atom. The van der Waals surface area contributed by atoms with Gasteiger partial charge in [0.1, 0.15) is 35.9 Å². The van der Waals surface area contributed by atoms with Gasteiger partial charge in [-0.25, -0.2) is 22.3 Å². The van der Waals surface area contributed by atoms with E-state index in [4.69, 9.17) is 29.0 Å². The Hall–Kier alpha value is -5.88. The molecule has 0 radical (unpaired) electrons. The van der Waals surface area contributed by atoms with Crippen molar-refractivity contribution in [3.63, 3.8) is 0 Å². The number of ether oxygens (including phenoxy) is 2. The molecule has 0 saturated heterocycles. The first-order chi connectivity index (χ1) is 49.1. The van der Waals surface area contributed by atoms with E-state index in [0.29, 0.717) is 43.9 Å². The summed E-state index contributed by atoms with van der Waals surface area (Å²) >= 11 is 0. The van der Waals surface area contributed by atoms with Gasteiger partial charge in [-0.1, -0.05) is 179 Å². The van der Waals surface area contributed by atoms with Crippen molar-refractivity contribution in [3.05, 3.63) is 137 Å². The van der Waals surface area contributed by atoms with Gasteiger partial charge in [0.15, 0.2) is 5.71 Å². The van der Waals surface area contributed by atoms with Gasteiger partial charge in [0.2, 0.25) is 17.8 Å². The molecule has 1 atom stereocenters. The molecular formula is C80H114F3IN4O15P2. The number of unbranched alkanes of at least 4 members (excludes halogenated alkanes) is 1. The molecule has 2 aliphatic heterocycles. The molecule has 3 aliphatic carbocycles. The molecule has 105 heavy (non-hydrogen) atoms. The van der Waals surface area contributed by atoms with Crippen LogP contribution in [0.15, 0.2) is 115 Å². The number of rotatable bonds is 31. The molecule has 5 aliphatic rings. The molecule has 0 bridgehead atoms. The highest BCUT2D eigenvalue weighted by molar-refractivity contribution is 7.47. The molecule has 2 heterocycles. The Morgan fingerprint density at radius 2 is 1.25 bits per heavy atom. The molecule has 4 aromatic carbocycles. The van der Waals surface area contributed by atoms with Crippen LogP contribution >= 0.6 is 15.6 Å². The van der Waals surface area contributed by atoms with E-state index < -0.39 is 57.2 Å². The van der Waals surface area contributed by atoms with Crippen molar-refractivity contribution in [2.45, 2.75) is 226 Å². The van der Waals surface area contributed by atoms with Gasteiger partial charge >= 0.3 is 15.6 Å². The predicted molar refractivity (Wildman–Crippen MR) is 401 cm³/mol. The highest BCUT2D eigenvalue weighted by Gasteiger charge is 2.43. The number of phosphoric ester groups is 2. The molecule has 25 heteroatoms. The van der Waals surface area contributed by atoms with Crippen LogP contribution in [0.25, 0.3) is 0 Å². The van der Waals surface area contributed by atoms with Crippen molar-refractivity contribution >= 4 is 67.6 Å². The minimum Gasteiger partial charge on any atom is -1.00 e. The summed E-state index contributed by atoms with van der Waals surface area (Å²) in [6.07, 6.45) is 27.2. The summed E-state index contributed by atoms with van der Waals surface area (Å²) in [4.78, 5) is 95.2. The number of nitrogens with one attached hydrogen (secondary N) is 2. The maximum absolute atomic E-state index is 14.2. The second kappa shape index (κ2) is 43.3. The number of benzene rings is 4. The van der Waals surface area contributed by atoms with Crippen LogP contribution in [-0.4, -0.2) is 106 Å². The Labute approximate surface area is 637 Å². The van der Waals surface area contributed by atoms with E-state index >= 15 is 0 Å². The number of anilines is 2. The zero-order chi connectivity index (χ0) is 76.3. The molecule has 3 fully saturated rings. The smallest absolute Gasteiger partial charge is 0.524 e. The number of carbonyl (C=O) groups is 5. The van der Waals surface area contributed by atoms with E-state index in [1.165, 1.54) is 129 Å². The van der Waals surface area contributed by atoms with Crippen LogP contribution in [0.3, 0.4) is 0 Å². The third-order valence-corrected chi connectivity index (χ3v) is 20.8. The minimum absolute atomic E-state index is 0. The van der Waals surface area contributed by atoms with Crippen LogP contribution in [0, 0.1) is 23.2 Å². The fourth-order valence-corrected chi connectivity index (χ4v) is 15.3. The first kappa shape index (κ1) is 89.7. The number of Topliss-reactive ketones (excluding diaryl/α,β-unsaturated/α-hetero) is 3. The maximum Gasteiger partial charge on any atom is 0.524 e. The van der Waals surface area contributed by atoms with Crippen molar-refractivity contribution in [1.82, 2.24) is 5.32 Å². The number of nitrogens with zero attached hydrogens (tertiary/aromatic N) is 2. The van der Waals surface area contributed by atoms with Gasteiger partial charge < -0.3 is 58.0 Å². The lowest BCUT2D eigenvalue weighted by Crippen LogP contribution is -3.00. The molecule has 582 valence electrons. The lowest BCUT2D eigenvalue weighted by atomic mass is 9.73. The summed E-state index contributed by atoms with van der Waals surface area (Å²) in [7, 11) is -7.52. The number of alkyl halides is 3. The highest BCUT2D eigenvalue weighted by Crippen LogP contribution is 2.49. The number of phosphoric acid groups is 2. The fourth-order valence-electron chi connectivity index (χ4n) is 14.5. The van der Waals surface area contributed by atoms with Crippen molar-refractivity contribution in [2.24, 2.45) is 23.2 Å². The molecule has 2 amide bonds. The first-order valence-electron chi connectivity index (χ1n) is 37.0. The number of fused-ring (bicyclic) bond motifs is 2. The van der Waals surface area contributed by atoms with E-state index in [2.05, 4.69) is 151 Å². The van der Waals surface area contributed by atoms with Gasteiger partial charge in [0.05, 0.1) is 37.2 Å². The largest absolute Gasteiger partial charge is 1.00 e. The second-order valence-corrected chi connectivity index (χ2v) is 32.5. The summed E-state index contributed by atoms with van der Waals surface area (Å²) in [5.74, 6) is -0.206. The van der Waals surface area contributed by atoms with Crippen LogP contribution in [-0.2, 0) is 53.4 Å². The van der Waals surface area contributed by atoms with Gasteiger partial charge in [0, 0.05) is 85.1 Å². The SMILES string of the molecule is C1CCC(C2CCCCC2)CC1.CC(=O)CC(=O)CCC(=O)Nc1ccc(OP(=O)(O)O)c(C(F)F)c1.C[N+]1=C(/C=C/C=C2/N(CCCCC(C)(C)C)c3ccccc3C2(C)C)C(C)(C)c2ccccc21.O=C(CCCOCCOCCNC(=O)C(F)c1ccc(OP(=O)(O)O)cc1)C1CCCCC1.[I-]. The number of amides is 2. The molecule has 9 rings (SSSR count). The van der Waals surface area contributed by atoms with Crippen LogP contribution in [0.2, 0.25) is 0 Å². The van der Waals surface area contributed by atoms with Crippen LogP contribution in [0.5, 0.6) is 11.5 Å². The molecule has 3 saturated carbocycles. The Balaban J connectivity index is 0.000000263. The summed E-state index contributed by atoms with van der Waals surface area (Å²) in [6, 6.07) is 25.3. The van der Waals surface area contributed by atoms with Gasteiger partial charge in [-0.15, -0.1) is 0 Å². The van der Waals surface area contributed by atoms with Gasteiger partial charge in [-0.05, 0) is 124 Å². The summed E-state index contributed by atoms with van der Waals surface area (Å²) in [5.41, 5.74) is 7.83. The Morgan fingerprint density at radius 1 is 0.676 bits per heavy atom. The molecule has 0 aromatic heterocycles. The number of halogens is 4. The van der Waals surface area contributed by atoms with E-state index in [9.17, 15) is 46.3 Å². The number of hydrogen-bond acceptors (Lipinski definition) is 12. The number of para-hydroxylation sites is 2. The van der Waals surface area contributed by atoms with E-state index in [0.717, 1.165) is 62.3 Å². The highest BCUT2D eigenvalue weighted by atomic mass is 127. The lowest BCUT2D eigenvalue weighted by molar-refractivity contribution is -0.401. The average Bonchev–Trinajstić information content (AvgIpc) is 1.61. The standard InChI is InChI=1S/C32H43N2.C22H33FNO8P.C14H16F2NO7P.C12H22.HI/c1-30(2,3)22-13-14-23-34-27-19-12-10-17-25(27)32(6,7)29(34)21-15-20-28-31(4,5)24-16-9-11-18-26(24)33(28)8;23-21(18-8-10-19(11-9-18)32-33(27,28)29)22(26)24-12-14-31-16-15-30-13-4-7-20(25)17-5-2-1-3-6-17;1-8(18)6-10(19)3-5-13(20)17-9-2-4-12(24-25(21,22)23)11(7-9)14(15)16;1-3-7-11(8-4-1)12-9-5-2-6-10-12;/h9-12,15-21H,13-14,22-23H2,1-8H3;8-11,17,21H,1-7,12-16H2,(H,24,26)(H2,27,28,29);2,4,7,14H,3,5-6H2,1H3,(H,17,20)(H2,21,22,23);11-12H,1-10H2;1H/q+1;;;;/p-1. The quantitative estimate of drug-likeness (QED) is 0.00899.